The number of aryl methyl sites for hydroxylation is 2. The molecule has 7 heteroatoms. The predicted molar refractivity (Wildman–Crippen MR) is 52.1 cm³/mol. The van der Waals surface area contributed by atoms with Gasteiger partial charge in [0, 0.05) is 0 Å². The second kappa shape index (κ2) is 3.70. The third-order valence-electron chi connectivity index (χ3n) is 2.01. The van der Waals surface area contributed by atoms with Gasteiger partial charge in [0.05, 0.1) is 17.9 Å². The monoisotopic (exact) mass is 205 g/mol. The van der Waals surface area contributed by atoms with Crippen molar-refractivity contribution in [3.8, 4) is 5.95 Å². The summed E-state index contributed by atoms with van der Waals surface area (Å²) in [6.07, 6.45) is 1.52. The first-order valence-electron chi connectivity index (χ1n) is 4.49. The lowest BCUT2D eigenvalue weighted by Gasteiger charge is -2.00. The topological polar surface area (TPSA) is 95.4 Å². The summed E-state index contributed by atoms with van der Waals surface area (Å²) in [5.74, 6) is 0.960. The number of aromatic nitrogens is 6. The van der Waals surface area contributed by atoms with Gasteiger partial charge in [0.2, 0.25) is 0 Å². The van der Waals surface area contributed by atoms with Crippen LogP contribution in [0, 0.1) is 13.8 Å². The van der Waals surface area contributed by atoms with E-state index < -0.39 is 0 Å². The first-order valence-corrected chi connectivity index (χ1v) is 4.49. The van der Waals surface area contributed by atoms with Crippen molar-refractivity contribution in [1.82, 2.24) is 29.9 Å². The Labute approximate surface area is 86.4 Å². The molecule has 2 heterocycles. The van der Waals surface area contributed by atoms with E-state index in [-0.39, 0.29) is 0 Å². The van der Waals surface area contributed by atoms with Crippen molar-refractivity contribution >= 4 is 0 Å². The zero-order chi connectivity index (χ0) is 10.8. The standard InChI is InChI=1S/C8H11N7/c1-5-6(2)12-13-8(11-5)15-4-10-7(3-9)14-15/h4H,3,9H2,1-2H3. The van der Waals surface area contributed by atoms with Crippen LogP contribution in [0.2, 0.25) is 0 Å². The lowest BCUT2D eigenvalue weighted by molar-refractivity contribution is 0.737. The lowest BCUT2D eigenvalue weighted by Crippen LogP contribution is -2.07. The summed E-state index contributed by atoms with van der Waals surface area (Å²) < 4.78 is 1.46. The Morgan fingerprint density at radius 1 is 1.27 bits per heavy atom. The van der Waals surface area contributed by atoms with Crippen LogP contribution in [0.4, 0.5) is 0 Å². The van der Waals surface area contributed by atoms with Crippen LogP contribution in [-0.4, -0.2) is 29.9 Å². The molecule has 78 valence electrons. The summed E-state index contributed by atoms with van der Waals surface area (Å²) in [5, 5.41) is 12.0. The molecule has 2 rings (SSSR count). The van der Waals surface area contributed by atoms with Gasteiger partial charge in [-0.3, -0.25) is 0 Å². The summed E-state index contributed by atoms with van der Waals surface area (Å²) in [6, 6.07) is 0. The highest BCUT2D eigenvalue weighted by Crippen LogP contribution is 2.01. The number of nitrogens with zero attached hydrogens (tertiary/aromatic N) is 6. The molecule has 2 aromatic heterocycles. The normalized spacial score (nSPS) is 10.6. The molecule has 0 aliphatic heterocycles. The maximum Gasteiger partial charge on any atom is 0.271 e. The number of hydrogen-bond acceptors (Lipinski definition) is 6. The maximum absolute atomic E-state index is 5.40. The van der Waals surface area contributed by atoms with Crippen LogP contribution in [0.5, 0.6) is 0 Å². The Kier molecular flexibility index (Phi) is 2.38. The molecule has 0 fully saturated rings. The third-order valence-corrected chi connectivity index (χ3v) is 2.01. The van der Waals surface area contributed by atoms with E-state index in [4.69, 9.17) is 5.73 Å². The molecular weight excluding hydrogens is 194 g/mol. The number of hydrogen-bond donors (Lipinski definition) is 1. The Hall–Kier alpha value is -1.89. The van der Waals surface area contributed by atoms with Gasteiger partial charge >= 0.3 is 0 Å². The van der Waals surface area contributed by atoms with Gasteiger partial charge in [-0.05, 0) is 13.8 Å². The van der Waals surface area contributed by atoms with Crippen molar-refractivity contribution in [2.24, 2.45) is 5.73 Å². The van der Waals surface area contributed by atoms with Gasteiger partial charge in [0.25, 0.3) is 5.95 Å². The van der Waals surface area contributed by atoms with Crippen molar-refractivity contribution in [3.63, 3.8) is 0 Å². The minimum Gasteiger partial charge on any atom is -0.324 e. The van der Waals surface area contributed by atoms with Gasteiger partial charge in [-0.25, -0.2) is 9.97 Å². The zero-order valence-corrected chi connectivity index (χ0v) is 8.55. The minimum atomic E-state index is 0.297. The van der Waals surface area contributed by atoms with E-state index in [0.29, 0.717) is 18.3 Å². The molecule has 2 aromatic rings. The molecule has 0 unspecified atom stereocenters. The zero-order valence-electron chi connectivity index (χ0n) is 8.55. The van der Waals surface area contributed by atoms with E-state index in [1.54, 1.807) is 0 Å². The highest BCUT2D eigenvalue weighted by atomic mass is 15.4. The van der Waals surface area contributed by atoms with E-state index >= 15 is 0 Å². The average molecular weight is 205 g/mol. The second-order valence-corrected chi connectivity index (χ2v) is 3.09. The summed E-state index contributed by atoms with van der Waals surface area (Å²) >= 11 is 0. The van der Waals surface area contributed by atoms with Crippen LogP contribution < -0.4 is 5.73 Å². The summed E-state index contributed by atoms with van der Waals surface area (Å²) in [5.41, 5.74) is 7.03. The smallest absolute Gasteiger partial charge is 0.271 e. The molecule has 0 aliphatic carbocycles. The van der Waals surface area contributed by atoms with Crippen molar-refractivity contribution in [2.45, 2.75) is 20.4 Å². The molecule has 0 atom stereocenters. The van der Waals surface area contributed by atoms with E-state index in [9.17, 15) is 0 Å². The molecule has 0 saturated carbocycles. The summed E-state index contributed by atoms with van der Waals surface area (Å²) in [7, 11) is 0. The first-order chi connectivity index (χ1) is 7.20. The molecule has 0 amide bonds. The molecular formula is C8H11N7. The Balaban J connectivity index is 2.40. The van der Waals surface area contributed by atoms with E-state index in [0.717, 1.165) is 11.4 Å². The van der Waals surface area contributed by atoms with Crippen molar-refractivity contribution in [1.29, 1.82) is 0 Å². The third kappa shape index (κ3) is 1.82. The van der Waals surface area contributed by atoms with Gasteiger partial charge in [0.15, 0.2) is 5.82 Å². The highest BCUT2D eigenvalue weighted by Gasteiger charge is 2.06. The van der Waals surface area contributed by atoms with Crippen molar-refractivity contribution < 1.29 is 0 Å². The molecule has 2 N–H and O–H groups in total. The molecule has 0 spiro atoms. The Bertz CT molecular complexity index is 476. The highest BCUT2D eigenvalue weighted by molar-refractivity contribution is 5.13. The van der Waals surface area contributed by atoms with Gasteiger partial charge in [-0.2, -0.15) is 9.78 Å². The molecule has 0 aromatic carbocycles. The van der Waals surface area contributed by atoms with Crippen LogP contribution in [0.1, 0.15) is 17.2 Å². The van der Waals surface area contributed by atoms with Crippen LogP contribution >= 0.6 is 0 Å². The second-order valence-electron chi connectivity index (χ2n) is 3.09. The molecule has 0 radical (unpaired) electrons. The maximum atomic E-state index is 5.40. The average Bonchev–Trinajstić information content (AvgIpc) is 2.70. The fourth-order valence-electron chi connectivity index (χ4n) is 1.03. The van der Waals surface area contributed by atoms with Crippen LogP contribution in [0.3, 0.4) is 0 Å². The minimum absolute atomic E-state index is 0.297. The van der Waals surface area contributed by atoms with Crippen LogP contribution in [0.15, 0.2) is 6.33 Å². The van der Waals surface area contributed by atoms with Gasteiger partial charge in [0.1, 0.15) is 6.33 Å². The summed E-state index contributed by atoms with van der Waals surface area (Å²) in [4.78, 5) is 8.22. The molecule has 0 aliphatic rings. The van der Waals surface area contributed by atoms with E-state index in [1.165, 1.54) is 11.0 Å². The van der Waals surface area contributed by atoms with E-state index in [2.05, 4.69) is 25.3 Å². The van der Waals surface area contributed by atoms with Crippen LogP contribution in [-0.2, 0) is 6.54 Å². The van der Waals surface area contributed by atoms with Gasteiger partial charge < -0.3 is 5.73 Å². The van der Waals surface area contributed by atoms with Crippen LogP contribution in [0.25, 0.3) is 5.95 Å². The first kappa shape index (κ1) is 9.66. The molecule has 7 nitrogen and oxygen atoms in total. The predicted octanol–water partition coefficient (Wildman–Crippen LogP) is -0.472. The van der Waals surface area contributed by atoms with Gasteiger partial charge in [-0.15, -0.1) is 10.2 Å². The summed E-state index contributed by atoms with van der Waals surface area (Å²) in [6.45, 7) is 4.02. The Morgan fingerprint density at radius 3 is 2.67 bits per heavy atom. The molecule has 0 saturated heterocycles. The fourth-order valence-corrected chi connectivity index (χ4v) is 1.03. The largest absolute Gasteiger partial charge is 0.324 e. The van der Waals surface area contributed by atoms with E-state index in [1.807, 2.05) is 13.8 Å². The van der Waals surface area contributed by atoms with Gasteiger partial charge in [-0.1, -0.05) is 0 Å². The quantitative estimate of drug-likeness (QED) is 0.712. The Morgan fingerprint density at radius 2 is 2.07 bits per heavy atom. The molecule has 0 bridgehead atoms. The lowest BCUT2D eigenvalue weighted by atomic mass is 10.4. The fraction of sp³-hybridized carbons (Fsp3) is 0.375. The number of nitrogens with two attached hydrogens (primary N) is 1. The number of rotatable bonds is 2. The van der Waals surface area contributed by atoms with Crippen molar-refractivity contribution in [2.75, 3.05) is 0 Å². The SMILES string of the molecule is Cc1nnc(-n2cnc(CN)n2)nc1C. The van der Waals surface area contributed by atoms with Crippen molar-refractivity contribution in [3.05, 3.63) is 23.5 Å². The molecule has 15 heavy (non-hydrogen) atoms.